The molecule has 1 heterocycles. The van der Waals surface area contributed by atoms with Crippen LogP contribution in [0.3, 0.4) is 0 Å². The standard InChI is InChI=1S/C16H26N4OS/c1-20-15(12-7-6-8-12)18-19-16(20)22-11-14(21)17-13-9-4-2-3-5-10-13/h12-13H,2-11H2,1H3,(H,17,21). The molecule has 0 spiro atoms. The van der Waals surface area contributed by atoms with E-state index in [2.05, 4.69) is 20.1 Å². The van der Waals surface area contributed by atoms with E-state index in [1.54, 1.807) is 0 Å². The Hall–Kier alpha value is -1.04. The number of carbonyl (C=O) groups excluding carboxylic acids is 1. The van der Waals surface area contributed by atoms with Gasteiger partial charge in [0.1, 0.15) is 5.82 Å². The number of hydrogen-bond acceptors (Lipinski definition) is 4. The van der Waals surface area contributed by atoms with E-state index >= 15 is 0 Å². The Bertz CT molecular complexity index is 504. The second kappa shape index (κ2) is 7.49. The molecule has 1 aromatic rings. The number of amides is 1. The van der Waals surface area contributed by atoms with Gasteiger partial charge in [0, 0.05) is 19.0 Å². The van der Waals surface area contributed by atoms with E-state index < -0.39 is 0 Å². The third kappa shape index (κ3) is 3.83. The fraction of sp³-hybridized carbons (Fsp3) is 0.812. The van der Waals surface area contributed by atoms with Crippen LogP contribution >= 0.6 is 11.8 Å². The summed E-state index contributed by atoms with van der Waals surface area (Å²) in [4.78, 5) is 12.1. The SMILES string of the molecule is Cn1c(SCC(=O)NC2CCCCCC2)nnc1C1CCC1. The van der Waals surface area contributed by atoms with E-state index in [4.69, 9.17) is 0 Å². The van der Waals surface area contributed by atoms with Crippen molar-refractivity contribution >= 4 is 17.7 Å². The Morgan fingerprint density at radius 2 is 1.86 bits per heavy atom. The van der Waals surface area contributed by atoms with Crippen molar-refractivity contribution < 1.29 is 4.79 Å². The van der Waals surface area contributed by atoms with Crippen molar-refractivity contribution in [1.29, 1.82) is 0 Å². The number of hydrogen-bond donors (Lipinski definition) is 1. The van der Waals surface area contributed by atoms with Crippen molar-refractivity contribution in [2.24, 2.45) is 7.05 Å². The van der Waals surface area contributed by atoms with Gasteiger partial charge in [-0.25, -0.2) is 0 Å². The zero-order valence-corrected chi connectivity index (χ0v) is 14.2. The molecule has 1 N–H and O–H groups in total. The Labute approximate surface area is 136 Å². The van der Waals surface area contributed by atoms with Crippen molar-refractivity contribution in [1.82, 2.24) is 20.1 Å². The Morgan fingerprint density at radius 3 is 2.50 bits per heavy atom. The quantitative estimate of drug-likeness (QED) is 0.669. The van der Waals surface area contributed by atoms with Crippen molar-refractivity contribution in [3.63, 3.8) is 0 Å². The molecule has 0 unspecified atom stereocenters. The first-order chi connectivity index (χ1) is 10.7. The number of aromatic nitrogens is 3. The number of nitrogens with zero attached hydrogens (tertiary/aromatic N) is 3. The van der Waals surface area contributed by atoms with Gasteiger partial charge in [0.05, 0.1) is 5.75 Å². The van der Waals surface area contributed by atoms with Crippen LogP contribution in [-0.4, -0.2) is 32.5 Å². The molecule has 22 heavy (non-hydrogen) atoms. The molecule has 122 valence electrons. The summed E-state index contributed by atoms with van der Waals surface area (Å²) in [5, 5.41) is 12.6. The normalized spacial score (nSPS) is 20.4. The van der Waals surface area contributed by atoms with E-state index in [-0.39, 0.29) is 5.91 Å². The van der Waals surface area contributed by atoms with Crippen LogP contribution < -0.4 is 5.32 Å². The number of thioether (sulfide) groups is 1. The van der Waals surface area contributed by atoms with Crippen molar-refractivity contribution in [2.45, 2.75) is 74.9 Å². The van der Waals surface area contributed by atoms with Gasteiger partial charge in [-0.3, -0.25) is 4.79 Å². The van der Waals surface area contributed by atoms with Crippen LogP contribution in [0, 0.1) is 0 Å². The second-order valence-electron chi connectivity index (χ2n) is 6.57. The Kier molecular flexibility index (Phi) is 5.39. The fourth-order valence-corrected chi connectivity index (χ4v) is 4.03. The molecule has 2 fully saturated rings. The van der Waals surface area contributed by atoms with Crippen molar-refractivity contribution in [3.05, 3.63) is 5.82 Å². The molecular weight excluding hydrogens is 296 g/mol. The highest BCUT2D eigenvalue weighted by Crippen LogP contribution is 2.35. The lowest BCUT2D eigenvalue weighted by Crippen LogP contribution is -2.35. The molecule has 0 saturated heterocycles. The molecule has 2 aliphatic rings. The summed E-state index contributed by atoms with van der Waals surface area (Å²) in [7, 11) is 2.01. The maximum atomic E-state index is 12.1. The molecular formula is C16H26N4OS. The molecule has 3 rings (SSSR count). The second-order valence-corrected chi connectivity index (χ2v) is 7.51. The van der Waals surface area contributed by atoms with Gasteiger partial charge in [-0.1, -0.05) is 43.9 Å². The van der Waals surface area contributed by atoms with Gasteiger partial charge in [0.15, 0.2) is 5.16 Å². The summed E-state index contributed by atoms with van der Waals surface area (Å²) in [5.74, 6) is 2.22. The average molecular weight is 322 g/mol. The molecule has 1 amide bonds. The van der Waals surface area contributed by atoms with Crippen LogP contribution in [0.25, 0.3) is 0 Å². The van der Waals surface area contributed by atoms with Crippen LogP contribution in [0.1, 0.15) is 69.5 Å². The van der Waals surface area contributed by atoms with Gasteiger partial charge in [-0.15, -0.1) is 10.2 Å². The van der Waals surface area contributed by atoms with Crippen molar-refractivity contribution in [3.8, 4) is 0 Å². The highest BCUT2D eigenvalue weighted by atomic mass is 32.2. The van der Waals surface area contributed by atoms with Gasteiger partial charge in [0.2, 0.25) is 5.91 Å². The lowest BCUT2D eigenvalue weighted by atomic mass is 9.85. The fourth-order valence-electron chi connectivity index (χ4n) is 3.30. The number of rotatable bonds is 5. The van der Waals surface area contributed by atoms with E-state index in [0.29, 0.717) is 17.7 Å². The smallest absolute Gasteiger partial charge is 0.230 e. The van der Waals surface area contributed by atoms with Gasteiger partial charge in [0.25, 0.3) is 0 Å². The van der Waals surface area contributed by atoms with Crippen LogP contribution in [0.15, 0.2) is 5.16 Å². The van der Waals surface area contributed by atoms with E-state index in [1.165, 1.54) is 56.7 Å². The van der Waals surface area contributed by atoms with Crippen LogP contribution in [0.2, 0.25) is 0 Å². The highest BCUT2D eigenvalue weighted by Gasteiger charge is 2.25. The van der Waals surface area contributed by atoms with Crippen LogP contribution in [0.5, 0.6) is 0 Å². The predicted molar refractivity (Wildman–Crippen MR) is 88.0 cm³/mol. The molecule has 2 saturated carbocycles. The maximum absolute atomic E-state index is 12.1. The molecule has 2 aliphatic carbocycles. The van der Waals surface area contributed by atoms with Crippen LogP contribution in [-0.2, 0) is 11.8 Å². The number of nitrogens with one attached hydrogen (secondary N) is 1. The largest absolute Gasteiger partial charge is 0.353 e. The minimum absolute atomic E-state index is 0.130. The number of carbonyl (C=O) groups is 1. The molecule has 0 radical (unpaired) electrons. The summed E-state index contributed by atoms with van der Waals surface area (Å²) >= 11 is 1.50. The summed E-state index contributed by atoms with van der Waals surface area (Å²) < 4.78 is 2.06. The summed E-state index contributed by atoms with van der Waals surface area (Å²) in [6.07, 6.45) is 11.1. The Balaban J connectivity index is 1.47. The molecule has 6 heteroatoms. The van der Waals surface area contributed by atoms with Gasteiger partial charge in [-0.05, 0) is 25.7 Å². The molecule has 0 bridgehead atoms. The first kappa shape index (κ1) is 15.8. The minimum Gasteiger partial charge on any atom is -0.353 e. The zero-order valence-electron chi connectivity index (χ0n) is 13.4. The molecule has 0 aliphatic heterocycles. The average Bonchev–Trinajstić information content (AvgIpc) is 2.65. The van der Waals surface area contributed by atoms with E-state index in [9.17, 15) is 4.79 Å². The molecule has 0 aromatic carbocycles. The summed E-state index contributed by atoms with van der Waals surface area (Å²) in [6, 6.07) is 0.376. The molecule has 5 nitrogen and oxygen atoms in total. The Morgan fingerprint density at radius 1 is 1.14 bits per heavy atom. The van der Waals surface area contributed by atoms with E-state index in [1.807, 2.05) is 7.05 Å². The minimum atomic E-state index is 0.130. The first-order valence-electron chi connectivity index (χ1n) is 8.55. The maximum Gasteiger partial charge on any atom is 0.230 e. The lowest BCUT2D eigenvalue weighted by Gasteiger charge is -2.24. The van der Waals surface area contributed by atoms with Gasteiger partial charge in [-0.2, -0.15) is 0 Å². The summed E-state index contributed by atoms with van der Waals surface area (Å²) in [5.41, 5.74) is 0. The summed E-state index contributed by atoms with van der Waals surface area (Å²) in [6.45, 7) is 0. The molecule has 0 atom stereocenters. The van der Waals surface area contributed by atoms with Crippen molar-refractivity contribution in [2.75, 3.05) is 5.75 Å². The van der Waals surface area contributed by atoms with Gasteiger partial charge < -0.3 is 9.88 Å². The lowest BCUT2D eigenvalue weighted by molar-refractivity contribution is -0.119. The zero-order chi connectivity index (χ0) is 15.4. The monoisotopic (exact) mass is 322 g/mol. The third-order valence-corrected chi connectivity index (χ3v) is 5.91. The van der Waals surface area contributed by atoms with E-state index in [0.717, 1.165) is 23.8 Å². The highest BCUT2D eigenvalue weighted by molar-refractivity contribution is 7.99. The molecule has 1 aromatic heterocycles. The first-order valence-corrected chi connectivity index (χ1v) is 9.54. The third-order valence-electron chi connectivity index (χ3n) is 4.89. The van der Waals surface area contributed by atoms with Gasteiger partial charge >= 0.3 is 0 Å². The topological polar surface area (TPSA) is 59.8 Å². The predicted octanol–water partition coefficient (Wildman–Crippen LogP) is 3.01. The van der Waals surface area contributed by atoms with Crippen LogP contribution in [0.4, 0.5) is 0 Å².